The zero-order valence-electron chi connectivity index (χ0n) is 17.8. The molecule has 1 unspecified atom stereocenters. The number of likely N-dealkylation sites (tertiary alicyclic amines) is 1. The number of nitrogens with zero attached hydrogens (tertiary/aromatic N) is 3. The van der Waals surface area contributed by atoms with E-state index in [1.54, 1.807) is 24.2 Å². The Morgan fingerprint density at radius 2 is 1.93 bits per heavy atom. The fraction of sp³-hybridized carbons (Fsp3) is 0.667. The van der Waals surface area contributed by atoms with Crippen molar-refractivity contribution in [2.45, 2.75) is 63.0 Å². The van der Waals surface area contributed by atoms with Crippen LogP contribution in [-0.4, -0.2) is 44.6 Å². The van der Waals surface area contributed by atoms with Crippen molar-refractivity contribution in [3.63, 3.8) is 0 Å². The van der Waals surface area contributed by atoms with Crippen LogP contribution < -0.4 is 0 Å². The first kappa shape index (κ1) is 20.2. The average Bonchev–Trinajstić information content (AvgIpc) is 3.44. The van der Waals surface area contributed by atoms with Crippen molar-refractivity contribution in [3.8, 4) is 0 Å². The van der Waals surface area contributed by atoms with Crippen LogP contribution in [0.15, 0.2) is 29.5 Å². The van der Waals surface area contributed by atoms with E-state index in [1.807, 2.05) is 17.0 Å². The summed E-state index contributed by atoms with van der Waals surface area (Å²) < 4.78 is -0.437. The monoisotopic (exact) mass is 425 g/mol. The third-order valence-electron chi connectivity index (χ3n) is 8.03. The van der Waals surface area contributed by atoms with Gasteiger partial charge in [-0.1, -0.05) is 18.2 Å². The number of hydrogen-bond donors (Lipinski definition) is 0. The summed E-state index contributed by atoms with van der Waals surface area (Å²) in [7, 11) is 0. The maximum atomic E-state index is 12.9. The Balaban J connectivity index is 1.15. The van der Waals surface area contributed by atoms with E-state index in [2.05, 4.69) is 16.9 Å². The first-order chi connectivity index (χ1) is 14.5. The van der Waals surface area contributed by atoms with Crippen LogP contribution in [-0.2, 0) is 16.0 Å². The third-order valence-corrected chi connectivity index (χ3v) is 9.46. The molecular formula is C24H31N3O2S. The predicted octanol–water partition coefficient (Wildman–Crippen LogP) is 4.12. The number of hydrogen-bond acceptors (Lipinski definition) is 4. The highest BCUT2D eigenvalue weighted by molar-refractivity contribution is 8.16. The number of aromatic nitrogens is 1. The summed E-state index contributed by atoms with van der Waals surface area (Å²) >= 11 is 1.74. The minimum absolute atomic E-state index is 0.0622. The van der Waals surface area contributed by atoms with Gasteiger partial charge in [0.05, 0.1) is 11.5 Å². The lowest BCUT2D eigenvalue weighted by Gasteiger charge is -2.38. The van der Waals surface area contributed by atoms with Crippen molar-refractivity contribution < 1.29 is 9.59 Å². The maximum Gasteiger partial charge on any atom is 0.263 e. The molecule has 1 aromatic rings. The zero-order chi connectivity index (χ0) is 20.7. The molecule has 2 saturated carbocycles. The molecule has 1 saturated heterocycles. The van der Waals surface area contributed by atoms with Crippen molar-refractivity contribution in [2.24, 2.45) is 28.7 Å². The van der Waals surface area contributed by atoms with E-state index < -0.39 is 4.75 Å². The summed E-state index contributed by atoms with van der Waals surface area (Å²) in [6.07, 6.45) is 12.2. The number of thioether (sulfide) groups is 1. The minimum atomic E-state index is -0.437. The molecule has 6 heteroatoms. The molecule has 4 aliphatic rings. The van der Waals surface area contributed by atoms with Gasteiger partial charge in [-0.05, 0) is 86.8 Å². The number of fused-ring (bicyclic) bond motifs is 2. The second-order valence-electron chi connectivity index (χ2n) is 9.85. The van der Waals surface area contributed by atoms with E-state index in [0.29, 0.717) is 12.3 Å². The summed E-state index contributed by atoms with van der Waals surface area (Å²) in [6.45, 7) is 3.57. The van der Waals surface area contributed by atoms with E-state index in [0.717, 1.165) is 60.7 Å². The molecular weight excluding hydrogens is 394 g/mol. The first-order valence-corrected chi connectivity index (χ1v) is 12.3. The van der Waals surface area contributed by atoms with E-state index in [1.165, 1.54) is 25.7 Å². The molecule has 2 aliphatic heterocycles. The average molecular weight is 426 g/mol. The van der Waals surface area contributed by atoms with Gasteiger partial charge in [-0.25, -0.2) is 4.99 Å². The van der Waals surface area contributed by atoms with Gasteiger partial charge >= 0.3 is 0 Å². The Morgan fingerprint density at radius 1 is 1.17 bits per heavy atom. The van der Waals surface area contributed by atoms with Crippen LogP contribution in [0, 0.1) is 23.7 Å². The summed E-state index contributed by atoms with van der Waals surface area (Å²) in [4.78, 5) is 36.1. The van der Waals surface area contributed by atoms with E-state index in [4.69, 9.17) is 0 Å². The number of rotatable bonds is 5. The van der Waals surface area contributed by atoms with Gasteiger partial charge in [-0.15, -0.1) is 0 Å². The van der Waals surface area contributed by atoms with Crippen LogP contribution in [0.1, 0.15) is 57.4 Å². The lowest BCUT2D eigenvalue weighted by molar-refractivity contribution is -0.132. The first-order valence-electron chi connectivity index (χ1n) is 11.5. The molecule has 30 heavy (non-hydrogen) atoms. The molecule has 0 spiro atoms. The Morgan fingerprint density at radius 3 is 2.60 bits per heavy atom. The summed E-state index contributed by atoms with van der Waals surface area (Å²) in [5, 5.41) is 1.08. The van der Waals surface area contributed by atoms with Gasteiger partial charge in [0, 0.05) is 25.5 Å². The van der Waals surface area contributed by atoms with Crippen molar-refractivity contribution >= 4 is 28.6 Å². The van der Waals surface area contributed by atoms with Crippen LogP contribution in [0.2, 0.25) is 0 Å². The van der Waals surface area contributed by atoms with Crippen molar-refractivity contribution in [1.82, 2.24) is 9.88 Å². The smallest absolute Gasteiger partial charge is 0.263 e. The molecule has 2 bridgehead atoms. The molecule has 4 atom stereocenters. The zero-order valence-corrected chi connectivity index (χ0v) is 18.6. The lowest BCUT2D eigenvalue weighted by atomic mass is 9.84. The van der Waals surface area contributed by atoms with Crippen LogP contribution in [0.25, 0.3) is 0 Å². The van der Waals surface area contributed by atoms with Crippen molar-refractivity contribution in [2.75, 3.05) is 13.1 Å². The summed E-state index contributed by atoms with van der Waals surface area (Å²) in [6, 6.07) is 3.79. The molecule has 0 N–H and O–H groups in total. The number of carbonyl (C=O) groups is 2. The molecule has 160 valence electrons. The molecule has 5 rings (SSSR count). The van der Waals surface area contributed by atoms with Gasteiger partial charge in [0.15, 0.2) is 0 Å². The number of amides is 2. The molecule has 3 heterocycles. The molecule has 1 aromatic heterocycles. The van der Waals surface area contributed by atoms with Crippen molar-refractivity contribution in [3.05, 3.63) is 30.1 Å². The van der Waals surface area contributed by atoms with Gasteiger partial charge in [0.25, 0.3) is 5.91 Å². The van der Waals surface area contributed by atoms with Gasteiger partial charge in [-0.3, -0.25) is 14.6 Å². The maximum absolute atomic E-state index is 12.9. The topological polar surface area (TPSA) is 62.6 Å². The van der Waals surface area contributed by atoms with E-state index >= 15 is 0 Å². The predicted molar refractivity (Wildman–Crippen MR) is 119 cm³/mol. The van der Waals surface area contributed by atoms with Crippen LogP contribution in [0.3, 0.4) is 0 Å². The molecule has 2 aliphatic carbocycles. The fourth-order valence-corrected chi connectivity index (χ4v) is 7.65. The van der Waals surface area contributed by atoms with Gasteiger partial charge in [-0.2, -0.15) is 0 Å². The van der Waals surface area contributed by atoms with Gasteiger partial charge < -0.3 is 4.90 Å². The fourth-order valence-electron chi connectivity index (χ4n) is 6.20. The molecule has 0 radical (unpaired) electrons. The standard InChI is InChI=1S/C24H31N3O2S/c1-24(23(29)26-21(30-24)15-19-13-17-2-3-18(19)12-17)20-6-10-27(11-7-20)22(28)14-16-4-8-25-9-5-16/h4-5,8-9,17-20H,2-3,6-7,10-15H2,1H3/t17-,18+,19-,24?/m1/s1. The number of carbonyl (C=O) groups excluding carboxylic acids is 2. The highest BCUT2D eigenvalue weighted by Crippen LogP contribution is 2.52. The highest BCUT2D eigenvalue weighted by Gasteiger charge is 2.49. The molecule has 0 aromatic carbocycles. The second-order valence-corrected chi connectivity index (χ2v) is 11.4. The van der Waals surface area contributed by atoms with E-state index in [-0.39, 0.29) is 11.8 Å². The Bertz CT molecular complexity index is 849. The van der Waals surface area contributed by atoms with Crippen LogP contribution in [0.4, 0.5) is 0 Å². The Hall–Kier alpha value is -1.69. The van der Waals surface area contributed by atoms with Gasteiger partial charge in [0.2, 0.25) is 5.91 Å². The highest BCUT2D eigenvalue weighted by atomic mass is 32.2. The molecule has 5 nitrogen and oxygen atoms in total. The summed E-state index contributed by atoms with van der Waals surface area (Å²) in [5.74, 6) is 3.08. The SMILES string of the molecule is CC1(C2CCN(C(=O)Cc3ccncc3)CC2)SC(C[C@H]2C[C@@H]3CC[C@H]2C3)=NC1=O. The molecule has 3 fully saturated rings. The quantitative estimate of drug-likeness (QED) is 0.712. The number of aliphatic imine (C=N–C) groups is 1. The van der Waals surface area contributed by atoms with E-state index in [9.17, 15) is 9.59 Å². The van der Waals surface area contributed by atoms with Crippen molar-refractivity contribution in [1.29, 1.82) is 0 Å². The minimum Gasteiger partial charge on any atom is -0.342 e. The Kier molecular flexibility index (Phi) is 5.46. The van der Waals surface area contributed by atoms with Crippen LogP contribution >= 0.6 is 11.8 Å². The van der Waals surface area contributed by atoms with Gasteiger partial charge in [0.1, 0.15) is 4.75 Å². The third kappa shape index (κ3) is 3.83. The second kappa shape index (κ2) is 8.10. The Labute approximate surface area is 183 Å². The number of pyridine rings is 1. The van der Waals surface area contributed by atoms with Crippen LogP contribution in [0.5, 0.6) is 0 Å². The normalized spacial score (nSPS) is 33.9. The summed E-state index contributed by atoms with van der Waals surface area (Å²) in [5.41, 5.74) is 1.00. The largest absolute Gasteiger partial charge is 0.342 e. The molecule has 2 amide bonds. The lowest BCUT2D eigenvalue weighted by Crippen LogP contribution is -2.46. The number of piperidine rings is 1.